The molecule has 1 aliphatic heterocycles. The Hall–Kier alpha value is -1.51. The predicted molar refractivity (Wildman–Crippen MR) is 84.2 cm³/mol. The second-order valence-corrected chi connectivity index (χ2v) is 6.45. The highest BCUT2D eigenvalue weighted by molar-refractivity contribution is 5.81. The Morgan fingerprint density at radius 1 is 1.35 bits per heavy atom. The zero-order chi connectivity index (χ0) is 14.0. The molecule has 3 rings (SSSR count). The van der Waals surface area contributed by atoms with Crippen molar-refractivity contribution >= 4 is 5.96 Å². The van der Waals surface area contributed by atoms with Crippen molar-refractivity contribution in [1.29, 1.82) is 0 Å². The molecule has 1 heterocycles. The van der Waals surface area contributed by atoms with Crippen LogP contribution in [-0.4, -0.2) is 25.1 Å². The van der Waals surface area contributed by atoms with Crippen LogP contribution < -0.4 is 10.6 Å². The highest BCUT2D eigenvalue weighted by Crippen LogP contribution is 2.40. The molecule has 1 aliphatic carbocycles. The highest BCUT2D eigenvalue weighted by atomic mass is 15.2. The van der Waals surface area contributed by atoms with Gasteiger partial charge in [0.1, 0.15) is 0 Å². The predicted octanol–water partition coefficient (Wildman–Crippen LogP) is 2.74. The summed E-state index contributed by atoms with van der Waals surface area (Å²) >= 11 is 0. The van der Waals surface area contributed by atoms with E-state index in [1.165, 1.54) is 36.8 Å². The number of hydrogen-bond acceptors (Lipinski definition) is 3. The second-order valence-electron chi connectivity index (χ2n) is 6.45. The summed E-state index contributed by atoms with van der Waals surface area (Å²) in [6, 6.07) is 9.50. The minimum Gasteiger partial charge on any atom is -0.356 e. The summed E-state index contributed by atoms with van der Waals surface area (Å²) in [5, 5.41) is 6.95. The smallest absolute Gasteiger partial charge is 0.191 e. The molecule has 1 saturated carbocycles. The van der Waals surface area contributed by atoms with Crippen LogP contribution in [0.25, 0.3) is 0 Å². The zero-order valence-electron chi connectivity index (χ0n) is 12.6. The fraction of sp³-hybridized carbons (Fsp3) is 0.588. The van der Waals surface area contributed by atoms with Crippen molar-refractivity contribution in [2.45, 2.75) is 51.0 Å². The first-order valence-electron chi connectivity index (χ1n) is 7.80. The van der Waals surface area contributed by atoms with Crippen molar-refractivity contribution < 1.29 is 0 Å². The molecular weight excluding hydrogens is 246 g/mol. The SMILES string of the molecule is Cc1cccc(C2(CNC3=NCC(C)N3)CCCC2)c1. The lowest BCUT2D eigenvalue weighted by molar-refractivity contribution is 0.432. The molecule has 1 aromatic rings. The lowest BCUT2D eigenvalue weighted by Gasteiger charge is -2.30. The molecule has 2 N–H and O–H groups in total. The van der Waals surface area contributed by atoms with Crippen LogP contribution in [0.15, 0.2) is 29.3 Å². The topological polar surface area (TPSA) is 36.4 Å². The summed E-state index contributed by atoms with van der Waals surface area (Å²) in [4.78, 5) is 4.51. The summed E-state index contributed by atoms with van der Waals surface area (Å²) in [6.07, 6.45) is 5.25. The molecule has 1 atom stereocenters. The van der Waals surface area contributed by atoms with Gasteiger partial charge in [0.15, 0.2) is 5.96 Å². The van der Waals surface area contributed by atoms with E-state index < -0.39 is 0 Å². The molecular formula is C17H25N3. The van der Waals surface area contributed by atoms with Gasteiger partial charge in [0.25, 0.3) is 0 Å². The standard InChI is InChI=1S/C17H25N3/c1-13-6-5-7-15(10-13)17(8-3-4-9-17)12-19-16-18-11-14(2)20-16/h5-7,10,14H,3-4,8-9,11-12H2,1-2H3,(H2,18,19,20). The zero-order valence-corrected chi connectivity index (χ0v) is 12.6. The van der Waals surface area contributed by atoms with Crippen LogP contribution in [0.5, 0.6) is 0 Å². The number of nitrogens with zero attached hydrogens (tertiary/aromatic N) is 1. The third-order valence-electron chi connectivity index (χ3n) is 4.69. The number of aryl methyl sites for hydroxylation is 1. The summed E-state index contributed by atoms with van der Waals surface area (Å²) in [5.41, 5.74) is 3.15. The third-order valence-corrected chi connectivity index (χ3v) is 4.69. The summed E-state index contributed by atoms with van der Waals surface area (Å²) in [5.74, 6) is 0.983. The Kier molecular flexibility index (Phi) is 3.68. The number of aliphatic imine (C=N–C) groups is 1. The van der Waals surface area contributed by atoms with E-state index in [9.17, 15) is 0 Å². The first-order valence-corrected chi connectivity index (χ1v) is 7.80. The van der Waals surface area contributed by atoms with Gasteiger partial charge < -0.3 is 10.6 Å². The van der Waals surface area contributed by atoms with Crippen LogP contribution in [0.1, 0.15) is 43.7 Å². The molecule has 0 radical (unpaired) electrons. The molecule has 1 aromatic carbocycles. The van der Waals surface area contributed by atoms with Gasteiger partial charge in [-0.05, 0) is 32.3 Å². The normalized spacial score (nSPS) is 24.3. The third kappa shape index (κ3) is 2.67. The molecule has 0 saturated heterocycles. The first kappa shape index (κ1) is 13.5. The maximum Gasteiger partial charge on any atom is 0.191 e. The van der Waals surface area contributed by atoms with Crippen LogP contribution in [0.2, 0.25) is 0 Å². The summed E-state index contributed by atoms with van der Waals surface area (Å²) in [6.45, 7) is 6.24. The van der Waals surface area contributed by atoms with Crippen molar-refractivity contribution in [3.05, 3.63) is 35.4 Å². The molecule has 0 spiro atoms. The molecule has 0 aromatic heterocycles. The summed E-state index contributed by atoms with van der Waals surface area (Å²) in [7, 11) is 0. The maximum absolute atomic E-state index is 4.51. The number of rotatable bonds is 3. The minimum absolute atomic E-state index is 0.294. The van der Waals surface area contributed by atoms with Crippen LogP contribution in [0, 0.1) is 6.92 Å². The Balaban J connectivity index is 1.75. The lowest BCUT2D eigenvalue weighted by atomic mass is 9.78. The van der Waals surface area contributed by atoms with Gasteiger partial charge in [0.2, 0.25) is 0 Å². The van der Waals surface area contributed by atoms with Gasteiger partial charge in [0, 0.05) is 18.0 Å². The van der Waals surface area contributed by atoms with Crippen molar-refractivity contribution in [3.8, 4) is 0 Å². The van der Waals surface area contributed by atoms with E-state index in [1.807, 2.05) is 0 Å². The van der Waals surface area contributed by atoms with E-state index in [2.05, 4.69) is 53.7 Å². The molecule has 108 valence electrons. The van der Waals surface area contributed by atoms with Crippen LogP contribution in [0.3, 0.4) is 0 Å². The van der Waals surface area contributed by atoms with Gasteiger partial charge in [-0.15, -0.1) is 0 Å². The molecule has 1 unspecified atom stereocenters. The van der Waals surface area contributed by atoms with Crippen molar-refractivity contribution in [2.24, 2.45) is 4.99 Å². The molecule has 1 fully saturated rings. The maximum atomic E-state index is 4.51. The van der Waals surface area contributed by atoms with E-state index in [-0.39, 0.29) is 0 Å². The van der Waals surface area contributed by atoms with Gasteiger partial charge in [0.05, 0.1) is 6.54 Å². The largest absolute Gasteiger partial charge is 0.356 e. The highest BCUT2D eigenvalue weighted by Gasteiger charge is 2.36. The van der Waals surface area contributed by atoms with E-state index in [0.717, 1.165) is 19.0 Å². The van der Waals surface area contributed by atoms with Crippen LogP contribution in [0.4, 0.5) is 0 Å². The van der Waals surface area contributed by atoms with E-state index >= 15 is 0 Å². The fourth-order valence-corrected chi connectivity index (χ4v) is 3.51. The van der Waals surface area contributed by atoms with Crippen molar-refractivity contribution in [2.75, 3.05) is 13.1 Å². The average Bonchev–Trinajstić information content (AvgIpc) is 3.06. The molecule has 3 heteroatoms. The number of guanidine groups is 1. The molecule has 3 nitrogen and oxygen atoms in total. The van der Waals surface area contributed by atoms with Crippen LogP contribution in [-0.2, 0) is 5.41 Å². The first-order chi connectivity index (χ1) is 9.68. The Morgan fingerprint density at radius 3 is 2.80 bits per heavy atom. The lowest BCUT2D eigenvalue weighted by Crippen LogP contribution is -2.44. The van der Waals surface area contributed by atoms with E-state index in [1.54, 1.807) is 0 Å². The van der Waals surface area contributed by atoms with Gasteiger partial charge in [-0.1, -0.05) is 42.7 Å². The fourth-order valence-electron chi connectivity index (χ4n) is 3.51. The van der Waals surface area contributed by atoms with Gasteiger partial charge in [-0.25, -0.2) is 0 Å². The van der Waals surface area contributed by atoms with Crippen molar-refractivity contribution in [1.82, 2.24) is 10.6 Å². The minimum atomic E-state index is 0.294. The Bertz CT molecular complexity index is 501. The average molecular weight is 271 g/mol. The monoisotopic (exact) mass is 271 g/mol. The Morgan fingerprint density at radius 2 is 2.15 bits per heavy atom. The molecule has 0 bridgehead atoms. The quantitative estimate of drug-likeness (QED) is 0.887. The van der Waals surface area contributed by atoms with Crippen molar-refractivity contribution in [3.63, 3.8) is 0 Å². The van der Waals surface area contributed by atoms with Gasteiger partial charge in [-0.3, -0.25) is 4.99 Å². The number of hydrogen-bond donors (Lipinski definition) is 2. The van der Waals surface area contributed by atoms with E-state index in [0.29, 0.717) is 11.5 Å². The molecule has 20 heavy (non-hydrogen) atoms. The Labute approximate surface area is 121 Å². The number of benzene rings is 1. The molecule has 0 amide bonds. The molecule has 2 aliphatic rings. The van der Waals surface area contributed by atoms with E-state index in [4.69, 9.17) is 0 Å². The number of nitrogens with one attached hydrogen (secondary N) is 2. The van der Waals surface area contributed by atoms with Gasteiger partial charge in [-0.2, -0.15) is 0 Å². The second kappa shape index (κ2) is 5.47. The van der Waals surface area contributed by atoms with Crippen LogP contribution >= 0.6 is 0 Å². The summed E-state index contributed by atoms with van der Waals surface area (Å²) < 4.78 is 0. The van der Waals surface area contributed by atoms with Gasteiger partial charge >= 0.3 is 0 Å².